The molecule has 0 atom stereocenters. The summed E-state index contributed by atoms with van der Waals surface area (Å²) in [6.07, 6.45) is 7.81. The molecule has 1 rings (SSSR count). The maximum absolute atomic E-state index is 12.4. The normalized spacial score (nSPS) is 12.6. The molecule has 1 aliphatic carbocycles. The predicted octanol–water partition coefficient (Wildman–Crippen LogP) is 11.7. The Balaban J connectivity index is -0.0000000739. The lowest BCUT2D eigenvalue weighted by Crippen LogP contribution is -2.31. The smallest absolute Gasteiger partial charge is 0.311 e. The molecular formula is C37H80F2O7. The van der Waals surface area contributed by atoms with Crippen LogP contribution in [0.4, 0.5) is 8.78 Å². The first-order valence-electron chi connectivity index (χ1n) is 14.6. The zero-order chi connectivity index (χ0) is 31.8. The van der Waals surface area contributed by atoms with Crippen molar-refractivity contribution < 1.29 is 42.2 Å². The Kier molecular flexibility index (Phi) is 39.7. The van der Waals surface area contributed by atoms with Gasteiger partial charge >= 0.3 is 17.9 Å². The molecule has 0 aromatic heterocycles. The Morgan fingerprint density at radius 2 is 0.957 bits per heavy atom. The number of hydrogen-bond acceptors (Lipinski definition) is 7. The van der Waals surface area contributed by atoms with Gasteiger partial charge < -0.3 is 14.2 Å². The van der Waals surface area contributed by atoms with Crippen molar-refractivity contribution >= 4 is 23.7 Å². The fourth-order valence-electron chi connectivity index (χ4n) is 2.81. The number of rotatable bonds is 12. The first-order valence-corrected chi connectivity index (χ1v) is 14.6. The number of ether oxygens (including phenoxy) is 3. The zero-order valence-electron chi connectivity index (χ0n) is 27.0. The molecule has 0 aromatic carbocycles. The van der Waals surface area contributed by atoms with Crippen LogP contribution in [0.1, 0.15) is 179 Å². The van der Waals surface area contributed by atoms with Crippen LogP contribution in [0.5, 0.6) is 0 Å². The number of ketones is 1. The van der Waals surface area contributed by atoms with E-state index in [0.717, 1.165) is 26.2 Å². The van der Waals surface area contributed by atoms with Crippen molar-refractivity contribution in [2.45, 2.75) is 191 Å². The largest absolute Gasteiger partial charge is 0.465 e. The van der Waals surface area contributed by atoms with Gasteiger partial charge in [-0.25, -0.2) is 8.78 Å². The maximum atomic E-state index is 12.4. The molecule has 0 aromatic rings. The van der Waals surface area contributed by atoms with Crippen molar-refractivity contribution in [1.82, 2.24) is 0 Å². The summed E-state index contributed by atoms with van der Waals surface area (Å²) in [4.78, 5) is 44.8. The molecular weight excluding hydrogens is 594 g/mol. The third-order valence-electron chi connectivity index (χ3n) is 7.32. The molecule has 9 heteroatoms. The molecule has 0 saturated heterocycles. The van der Waals surface area contributed by atoms with Crippen molar-refractivity contribution in [2.24, 2.45) is 16.2 Å². The van der Waals surface area contributed by atoms with Gasteiger partial charge in [-0.2, -0.15) is 0 Å². The van der Waals surface area contributed by atoms with E-state index in [-0.39, 0.29) is 87.0 Å². The highest BCUT2D eigenvalue weighted by Gasteiger charge is 2.30. The Hall–Kier alpha value is -2.06. The van der Waals surface area contributed by atoms with Gasteiger partial charge in [0.1, 0.15) is 12.7 Å². The van der Waals surface area contributed by atoms with E-state index in [9.17, 15) is 28.0 Å². The third kappa shape index (κ3) is 29.3. The van der Waals surface area contributed by atoms with Crippen molar-refractivity contribution in [3.05, 3.63) is 0 Å². The highest BCUT2D eigenvalue weighted by atomic mass is 19.3. The zero-order valence-corrected chi connectivity index (χ0v) is 27.0. The highest BCUT2D eigenvalue weighted by molar-refractivity contribution is 5.82. The predicted molar refractivity (Wildman–Crippen MR) is 193 cm³/mol. The number of alkyl halides is 2. The van der Waals surface area contributed by atoms with E-state index >= 15 is 0 Å². The molecule has 0 heterocycles. The third-order valence-corrected chi connectivity index (χ3v) is 7.32. The van der Waals surface area contributed by atoms with E-state index in [0.29, 0.717) is 12.8 Å². The SMILES string of the molecule is C.C.C.C.C.C.CCC(C)(C)C(=O)OC1CCCCC1.CCC(C)(C)C(=O)OCC(C)=O.CCC(C)(C)C(=O)OCCC(C)(F)F. The monoisotopic (exact) mass is 675 g/mol. The summed E-state index contributed by atoms with van der Waals surface area (Å²) in [6, 6.07) is 0. The average molecular weight is 675 g/mol. The molecule has 0 bridgehead atoms. The van der Waals surface area contributed by atoms with Crippen molar-refractivity contribution in [3.8, 4) is 0 Å². The van der Waals surface area contributed by atoms with Crippen molar-refractivity contribution in [1.29, 1.82) is 0 Å². The van der Waals surface area contributed by atoms with Gasteiger partial charge in [0.05, 0.1) is 22.9 Å². The van der Waals surface area contributed by atoms with Crippen molar-refractivity contribution in [3.63, 3.8) is 0 Å². The summed E-state index contributed by atoms with van der Waals surface area (Å²) < 4.78 is 39.8. The van der Waals surface area contributed by atoms with E-state index in [1.54, 1.807) is 27.7 Å². The van der Waals surface area contributed by atoms with Gasteiger partial charge in [0.15, 0.2) is 5.78 Å². The van der Waals surface area contributed by atoms with Crippen LogP contribution in [0.25, 0.3) is 0 Å². The Morgan fingerprint density at radius 3 is 1.28 bits per heavy atom. The molecule has 46 heavy (non-hydrogen) atoms. The van der Waals surface area contributed by atoms with Gasteiger partial charge in [0.25, 0.3) is 0 Å². The van der Waals surface area contributed by atoms with Gasteiger partial charge in [-0.3, -0.25) is 19.2 Å². The van der Waals surface area contributed by atoms with Crippen LogP contribution >= 0.6 is 0 Å². The van der Waals surface area contributed by atoms with Crippen LogP contribution in [0.2, 0.25) is 0 Å². The average Bonchev–Trinajstić information content (AvgIpc) is 2.87. The second kappa shape index (κ2) is 29.1. The van der Waals surface area contributed by atoms with E-state index < -0.39 is 29.1 Å². The minimum atomic E-state index is -2.77. The summed E-state index contributed by atoms with van der Waals surface area (Å²) >= 11 is 0. The maximum Gasteiger partial charge on any atom is 0.311 e. The second-order valence-electron chi connectivity index (χ2n) is 12.6. The first kappa shape index (κ1) is 62.7. The topological polar surface area (TPSA) is 96.0 Å². The number of Topliss-reactive ketones (excluding diaryl/α,β-unsaturated/α-hetero) is 1. The fraction of sp³-hybridized carbons (Fsp3) is 0.892. The number of hydrogen-bond donors (Lipinski definition) is 0. The summed E-state index contributed by atoms with van der Waals surface area (Å²) in [5, 5.41) is 0. The second-order valence-corrected chi connectivity index (χ2v) is 12.6. The van der Waals surface area contributed by atoms with Crippen LogP contribution in [0, 0.1) is 16.2 Å². The van der Waals surface area contributed by atoms with Gasteiger partial charge in [-0.1, -0.05) is 71.8 Å². The van der Waals surface area contributed by atoms with Gasteiger partial charge in [-0.05, 0) is 100 Å². The summed E-state index contributed by atoms with van der Waals surface area (Å²) in [6.45, 7) is 18.7. The molecule has 0 spiro atoms. The molecule has 7 nitrogen and oxygen atoms in total. The van der Waals surface area contributed by atoms with Crippen LogP contribution in [0.15, 0.2) is 0 Å². The Morgan fingerprint density at radius 1 is 0.609 bits per heavy atom. The standard InChI is InChI=1S/C12H22O2.C10H18F2O2.C9H16O3.6CH4/c1-4-12(2,3)11(13)14-10-8-6-5-7-9-10;1-5-9(2,3)8(13)14-7-6-10(4,11)12;1-5-9(3,4)8(11)12-6-7(2)10;;;;;;/h10H,4-9H2,1-3H3;5-7H2,1-4H3;5-6H2,1-4H3;6*1H4. The quantitative estimate of drug-likeness (QED) is 0.150. The summed E-state index contributed by atoms with van der Waals surface area (Å²) in [5.41, 5.74) is -1.37. The number of carbonyl (C=O) groups is 4. The molecule has 0 aliphatic heterocycles. The fourth-order valence-corrected chi connectivity index (χ4v) is 2.81. The van der Waals surface area contributed by atoms with Crippen LogP contribution in [0.3, 0.4) is 0 Å². The van der Waals surface area contributed by atoms with Gasteiger partial charge in [0.2, 0.25) is 5.92 Å². The molecule has 1 aliphatic rings. The molecule has 0 radical (unpaired) electrons. The molecule has 0 unspecified atom stereocenters. The van der Waals surface area contributed by atoms with E-state index in [4.69, 9.17) is 14.2 Å². The Bertz CT molecular complexity index is 779. The van der Waals surface area contributed by atoms with Gasteiger partial charge in [-0.15, -0.1) is 0 Å². The van der Waals surface area contributed by atoms with E-state index in [2.05, 4.69) is 0 Å². The minimum Gasteiger partial charge on any atom is -0.465 e. The van der Waals surface area contributed by atoms with Crippen LogP contribution in [-0.2, 0) is 33.4 Å². The molecule has 1 fully saturated rings. The number of carbonyl (C=O) groups excluding carboxylic acids is 4. The lowest BCUT2D eigenvalue weighted by molar-refractivity contribution is -0.161. The lowest BCUT2D eigenvalue weighted by Gasteiger charge is -2.27. The highest BCUT2D eigenvalue weighted by Crippen LogP contribution is 2.27. The minimum absolute atomic E-state index is 0. The first-order chi connectivity index (χ1) is 18.1. The summed E-state index contributed by atoms with van der Waals surface area (Å²) in [5.74, 6) is -3.64. The molecule has 1 saturated carbocycles. The Labute approximate surface area is 285 Å². The molecule has 0 N–H and O–H groups in total. The lowest BCUT2D eigenvalue weighted by atomic mass is 9.90. The molecule has 0 amide bonds. The summed E-state index contributed by atoms with van der Waals surface area (Å²) in [7, 11) is 0. The number of esters is 3. The number of halogens is 2. The van der Waals surface area contributed by atoms with Crippen LogP contribution in [-0.4, -0.2) is 48.9 Å². The van der Waals surface area contributed by atoms with E-state index in [1.807, 2.05) is 34.6 Å². The van der Waals surface area contributed by atoms with Gasteiger partial charge in [0, 0.05) is 6.42 Å². The van der Waals surface area contributed by atoms with Crippen molar-refractivity contribution in [2.75, 3.05) is 13.2 Å². The van der Waals surface area contributed by atoms with E-state index in [1.165, 1.54) is 26.2 Å². The molecule has 284 valence electrons. The van der Waals surface area contributed by atoms with Crippen LogP contribution < -0.4 is 0 Å².